The zero-order chi connectivity index (χ0) is 14.7. The second-order valence-electron chi connectivity index (χ2n) is 4.36. The molecule has 0 atom stereocenters. The van der Waals surface area contributed by atoms with Crippen molar-refractivity contribution in [1.82, 2.24) is 0 Å². The van der Waals surface area contributed by atoms with Gasteiger partial charge in [0.2, 0.25) is 0 Å². The molecule has 0 fully saturated rings. The number of hydrogen-bond donors (Lipinski definition) is 3. The van der Waals surface area contributed by atoms with Crippen molar-refractivity contribution in [2.45, 2.75) is 6.92 Å². The largest absolute Gasteiger partial charge is 0.507 e. The van der Waals surface area contributed by atoms with Crippen molar-refractivity contribution >= 4 is 17.6 Å². The van der Waals surface area contributed by atoms with E-state index in [0.29, 0.717) is 11.3 Å². The first-order valence-electron chi connectivity index (χ1n) is 5.91. The highest BCUT2D eigenvalue weighted by molar-refractivity contribution is 6.04. The summed E-state index contributed by atoms with van der Waals surface area (Å²) in [5.74, 6) is -1.94. The van der Waals surface area contributed by atoms with E-state index in [1.54, 1.807) is 18.2 Å². The van der Waals surface area contributed by atoms with Gasteiger partial charge in [-0.15, -0.1) is 0 Å². The quantitative estimate of drug-likeness (QED) is 0.801. The Morgan fingerprint density at radius 3 is 2.45 bits per heavy atom. The van der Waals surface area contributed by atoms with Gasteiger partial charge in [0.25, 0.3) is 5.91 Å². The van der Waals surface area contributed by atoms with Gasteiger partial charge in [-0.3, -0.25) is 4.79 Å². The lowest BCUT2D eigenvalue weighted by atomic mass is 10.1. The summed E-state index contributed by atoms with van der Waals surface area (Å²) in [6.45, 7) is 1.88. The standard InChI is InChI=1S/C15H13NO4/c1-9-3-2-4-10(7-9)14(18)16-11-5-6-12(15(19)20)13(17)8-11/h2-8,17H,1H3,(H,16,18)(H,19,20). The lowest BCUT2D eigenvalue weighted by Gasteiger charge is -2.07. The molecule has 0 radical (unpaired) electrons. The summed E-state index contributed by atoms with van der Waals surface area (Å²) >= 11 is 0. The van der Waals surface area contributed by atoms with Crippen LogP contribution in [0.15, 0.2) is 42.5 Å². The van der Waals surface area contributed by atoms with E-state index in [1.165, 1.54) is 18.2 Å². The molecule has 0 aromatic heterocycles. The number of amides is 1. The molecule has 0 aliphatic rings. The monoisotopic (exact) mass is 271 g/mol. The van der Waals surface area contributed by atoms with Gasteiger partial charge in [-0.25, -0.2) is 4.79 Å². The minimum Gasteiger partial charge on any atom is -0.507 e. The third-order valence-electron chi connectivity index (χ3n) is 2.77. The van der Waals surface area contributed by atoms with Crippen molar-refractivity contribution in [3.8, 4) is 5.75 Å². The van der Waals surface area contributed by atoms with E-state index in [4.69, 9.17) is 5.11 Å². The van der Waals surface area contributed by atoms with Crippen LogP contribution in [0.2, 0.25) is 0 Å². The Hall–Kier alpha value is -2.82. The third kappa shape index (κ3) is 2.95. The average Bonchev–Trinajstić information content (AvgIpc) is 2.38. The number of benzene rings is 2. The predicted octanol–water partition coefficient (Wildman–Crippen LogP) is 2.65. The van der Waals surface area contributed by atoms with Gasteiger partial charge in [-0.05, 0) is 31.2 Å². The van der Waals surface area contributed by atoms with Crippen LogP contribution in [-0.2, 0) is 0 Å². The van der Waals surface area contributed by atoms with Crippen LogP contribution in [0.5, 0.6) is 5.75 Å². The molecule has 2 aromatic carbocycles. The van der Waals surface area contributed by atoms with E-state index in [1.807, 2.05) is 13.0 Å². The highest BCUT2D eigenvalue weighted by Crippen LogP contribution is 2.22. The van der Waals surface area contributed by atoms with Crippen molar-refractivity contribution in [3.05, 3.63) is 59.2 Å². The van der Waals surface area contributed by atoms with Crippen LogP contribution in [0.1, 0.15) is 26.3 Å². The van der Waals surface area contributed by atoms with Gasteiger partial charge in [0.15, 0.2) is 0 Å². The number of phenols is 1. The van der Waals surface area contributed by atoms with Crippen LogP contribution in [0, 0.1) is 6.92 Å². The number of aromatic hydroxyl groups is 1. The summed E-state index contributed by atoms with van der Waals surface area (Å²) in [6.07, 6.45) is 0. The van der Waals surface area contributed by atoms with Crippen LogP contribution in [-0.4, -0.2) is 22.1 Å². The molecule has 0 aliphatic carbocycles. The molecule has 1 amide bonds. The summed E-state index contributed by atoms with van der Waals surface area (Å²) in [6, 6.07) is 10.9. The smallest absolute Gasteiger partial charge is 0.339 e. The Morgan fingerprint density at radius 2 is 1.85 bits per heavy atom. The molecule has 0 unspecified atom stereocenters. The minimum absolute atomic E-state index is 0.210. The molecule has 2 aromatic rings. The second kappa shape index (κ2) is 5.44. The molecule has 5 heteroatoms. The van der Waals surface area contributed by atoms with E-state index in [9.17, 15) is 14.7 Å². The molecule has 5 nitrogen and oxygen atoms in total. The molecule has 0 saturated heterocycles. The molecule has 20 heavy (non-hydrogen) atoms. The second-order valence-corrected chi connectivity index (χ2v) is 4.36. The Labute approximate surface area is 115 Å². The van der Waals surface area contributed by atoms with Gasteiger partial charge in [0, 0.05) is 17.3 Å². The first kappa shape index (κ1) is 13.6. The number of hydrogen-bond acceptors (Lipinski definition) is 3. The molecule has 0 spiro atoms. The number of carbonyl (C=O) groups excluding carboxylic acids is 1. The molecule has 3 N–H and O–H groups in total. The molecule has 0 bridgehead atoms. The molecule has 0 aliphatic heterocycles. The lowest BCUT2D eigenvalue weighted by molar-refractivity contribution is 0.0693. The minimum atomic E-state index is -1.22. The van der Waals surface area contributed by atoms with E-state index >= 15 is 0 Å². The fourth-order valence-electron chi connectivity index (χ4n) is 1.78. The number of carbonyl (C=O) groups is 2. The molecular formula is C15H13NO4. The lowest BCUT2D eigenvalue weighted by Crippen LogP contribution is -2.12. The number of carboxylic acid groups (broad SMARTS) is 1. The summed E-state index contributed by atoms with van der Waals surface area (Å²) < 4.78 is 0. The van der Waals surface area contributed by atoms with E-state index in [0.717, 1.165) is 5.56 Å². The summed E-state index contributed by atoms with van der Waals surface area (Å²) in [5.41, 5.74) is 1.58. The molecular weight excluding hydrogens is 258 g/mol. The first-order valence-corrected chi connectivity index (χ1v) is 5.91. The molecule has 0 saturated carbocycles. The maximum atomic E-state index is 12.0. The molecule has 2 rings (SSSR count). The molecule has 0 heterocycles. The topological polar surface area (TPSA) is 86.6 Å². The number of anilines is 1. The Morgan fingerprint density at radius 1 is 1.10 bits per heavy atom. The van der Waals surface area contributed by atoms with Gasteiger partial charge in [0.05, 0.1) is 0 Å². The summed E-state index contributed by atoms with van der Waals surface area (Å²) in [4.78, 5) is 22.8. The zero-order valence-corrected chi connectivity index (χ0v) is 10.8. The van der Waals surface area contributed by atoms with Gasteiger partial charge >= 0.3 is 5.97 Å². The Balaban J connectivity index is 2.20. The average molecular weight is 271 g/mol. The van der Waals surface area contributed by atoms with Crippen LogP contribution in [0.3, 0.4) is 0 Å². The van der Waals surface area contributed by atoms with Crippen LogP contribution in [0.4, 0.5) is 5.69 Å². The normalized spacial score (nSPS) is 10.1. The highest BCUT2D eigenvalue weighted by Gasteiger charge is 2.11. The van der Waals surface area contributed by atoms with Crippen molar-refractivity contribution in [2.24, 2.45) is 0 Å². The number of aromatic carboxylic acids is 1. The van der Waals surface area contributed by atoms with Crippen LogP contribution in [0.25, 0.3) is 0 Å². The third-order valence-corrected chi connectivity index (χ3v) is 2.77. The highest BCUT2D eigenvalue weighted by atomic mass is 16.4. The zero-order valence-electron chi connectivity index (χ0n) is 10.8. The number of aryl methyl sites for hydroxylation is 1. The predicted molar refractivity (Wildman–Crippen MR) is 74.2 cm³/mol. The van der Waals surface area contributed by atoms with Crippen molar-refractivity contribution in [2.75, 3.05) is 5.32 Å². The fraction of sp³-hybridized carbons (Fsp3) is 0.0667. The number of nitrogens with one attached hydrogen (secondary N) is 1. The maximum absolute atomic E-state index is 12.0. The van der Waals surface area contributed by atoms with Gasteiger partial charge in [-0.1, -0.05) is 17.7 Å². The van der Waals surface area contributed by atoms with Gasteiger partial charge in [-0.2, -0.15) is 0 Å². The van der Waals surface area contributed by atoms with E-state index < -0.39 is 5.97 Å². The van der Waals surface area contributed by atoms with E-state index in [-0.39, 0.29) is 17.2 Å². The molecule has 102 valence electrons. The van der Waals surface area contributed by atoms with E-state index in [2.05, 4.69) is 5.32 Å². The summed E-state index contributed by atoms with van der Waals surface area (Å²) in [7, 11) is 0. The summed E-state index contributed by atoms with van der Waals surface area (Å²) in [5, 5.41) is 21.0. The van der Waals surface area contributed by atoms with Crippen molar-refractivity contribution in [3.63, 3.8) is 0 Å². The maximum Gasteiger partial charge on any atom is 0.339 e. The van der Waals surface area contributed by atoms with Crippen LogP contribution < -0.4 is 5.32 Å². The van der Waals surface area contributed by atoms with Gasteiger partial charge < -0.3 is 15.5 Å². The first-order chi connectivity index (χ1) is 9.47. The van der Waals surface area contributed by atoms with Crippen molar-refractivity contribution < 1.29 is 19.8 Å². The number of carboxylic acids is 1. The van der Waals surface area contributed by atoms with Gasteiger partial charge in [0.1, 0.15) is 11.3 Å². The SMILES string of the molecule is Cc1cccc(C(=O)Nc2ccc(C(=O)O)c(O)c2)c1. The van der Waals surface area contributed by atoms with Crippen molar-refractivity contribution in [1.29, 1.82) is 0 Å². The number of rotatable bonds is 3. The van der Waals surface area contributed by atoms with Crippen LogP contribution >= 0.6 is 0 Å². The fourth-order valence-corrected chi connectivity index (χ4v) is 1.78. The Bertz CT molecular complexity index is 679. The Kier molecular flexibility index (Phi) is 3.70.